The number of hydrogen-bond donors (Lipinski definition) is 2. The normalized spacial score (nSPS) is 11.2. The minimum Gasteiger partial charge on any atom is -0.322 e. The van der Waals surface area contributed by atoms with Crippen molar-refractivity contribution in [1.82, 2.24) is 9.55 Å². The Morgan fingerprint density at radius 2 is 1.73 bits per heavy atom. The van der Waals surface area contributed by atoms with Crippen molar-refractivity contribution in [2.75, 3.05) is 10.0 Å². The molecule has 0 saturated heterocycles. The minimum absolute atomic E-state index is 0.000761. The molecule has 2 aromatic heterocycles. The fraction of sp³-hybridized carbons (Fsp3) is 0.0833. The quantitative estimate of drug-likeness (QED) is 0.397. The summed E-state index contributed by atoms with van der Waals surface area (Å²) in [5, 5.41) is 3.07. The van der Waals surface area contributed by atoms with Gasteiger partial charge in [-0.05, 0) is 62.4 Å². The second-order valence-electron chi connectivity index (χ2n) is 7.38. The molecule has 33 heavy (non-hydrogen) atoms. The van der Waals surface area contributed by atoms with E-state index in [2.05, 4.69) is 15.0 Å². The summed E-state index contributed by atoms with van der Waals surface area (Å²) in [5.74, 6) is 0.365. The maximum absolute atomic E-state index is 13.0. The number of pyridine rings is 1. The van der Waals surface area contributed by atoms with Crippen LogP contribution in [0.1, 0.15) is 21.7 Å². The predicted octanol–water partition coefficient (Wildman–Crippen LogP) is 5.20. The highest BCUT2D eigenvalue weighted by atomic mass is 35.5. The van der Waals surface area contributed by atoms with Crippen LogP contribution in [-0.4, -0.2) is 23.9 Å². The van der Waals surface area contributed by atoms with E-state index in [1.165, 1.54) is 12.1 Å². The molecule has 168 valence electrons. The Labute approximate surface area is 197 Å². The third-order valence-electron chi connectivity index (χ3n) is 5.07. The number of sulfonamides is 1. The Morgan fingerprint density at radius 3 is 2.45 bits per heavy atom. The fourth-order valence-corrected chi connectivity index (χ4v) is 4.88. The van der Waals surface area contributed by atoms with Gasteiger partial charge in [0.2, 0.25) is 0 Å². The number of amides is 1. The zero-order valence-electron chi connectivity index (χ0n) is 17.9. The molecular weight excluding hydrogens is 460 g/mol. The third kappa shape index (κ3) is 4.76. The van der Waals surface area contributed by atoms with Crippen LogP contribution in [0.25, 0.3) is 5.82 Å². The van der Waals surface area contributed by atoms with E-state index in [0.29, 0.717) is 17.1 Å². The van der Waals surface area contributed by atoms with Gasteiger partial charge in [0.1, 0.15) is 5.82 Å². The first-order valence-electron chi connectivity index (χ1n) is 10.1. The highest BCUT2D eigenvalue weighted by molar-refractivity contribution is 7.92. The van der Waals surface area contributed by atoms with Crippen molar-refractivity contribution in [3.8, 4) is 5.82 Å². The summed E-state index contributed by atoms with van der Waals surface area (Å²) in [6.07, 6.45) is 1.69. The number of nitrogens with one attached hydrogen (secondary N) is 2. The molecule has 0 fully saturated rings. The van der Waals surface area contributed by atoms with E-state index < -0.39 is 10.0 Å². The molecule has 0 aliphatic rings. The van der Waals surface area contributed by atoms with Crippen LogP contribution in [0.3, 0.4) is 0 Å². The van der Waals surface area contributed by atoms with Crippen LogP contribution in [0.5, 0.6) is 0 Å². The van der Waals surface area contributed by atoms with E-state index in [0.717, 1.165) is 11.4 Å². The van der Waals surface area contributed by atoms with Crippen LogP contribution in [-0.2, 0) is 10.0 Å². The lowest BCUT2D eigenvalue weighted by Gasteiger charge is -2.11. The lowest BCUT2D eigenvalue weighted by Crippen LogP contribution is -2.16. The smallest absolute Gasteiger partial charge is 0.262 e. The van der Waals surface area contributed by atoms with Crippen LogP contribution in [0.15, 0.2) is 83.9 Å². The Kier molecular flexibility index (Phi) is 6.22. The molecule has 0 atom stereocenters. The van der Waals surface area contributed by atoms with E-state index in [9.17, 15) is 13.2 Å². The summed E-state index contributed by atoms with van der Waals surface area (Å²) >= 11 is 6.07. The van der Waals surface area contributed by atoms with Crippen molar-refractivity contribution in [2.45, 2.75) is 18.7 Å². The number of hydrogen-bond acceptors (Lipinski definition) is 4. The molecule has 2 aromatic carbocycles. The summed E-state index contributed by atoms with van der Waals surface area (Å²) in [6.45, 7) is 3.73. The molecular formula is C24H21ClN4O3S. The van der Waals surface area contributed by atoms with Gasteiger partial charge in [0.15, 0.2) is 0 Å². The maximum atomic E-state index is 13.0. The average molecular weight is 481 g/mol. The number of carbonyl (C=O) groups excluding carboxylic acids is 1. The molecule has 7 nitrogen and oxygen atoms in total. The third-order valence-corrected chi connectivity index (χ3v) is 6.77. The van der Waals surface area contributed by atoms with E-state index >= 15 is 0 Å². The number of aryl methyl sites for hydroxylation is 1. The molecule has 0 unspecified atom stereocenters. The Balaban J connectivity index is 1.58. The van der Waals surface area contributed by atoms with Gasteiger partial charge in [0.25, 0.3) is 15.9 Å². The molecule has 2 heterocycles. The van der Waals surface area contributed by atoms with E-state index in [1.807, 2.05) is 36.6 Å². The SMILES string of the molecule is Cc1cc(C(=O)Nc2cccc(S(=O)(=O)Nc3ccccc3Cl)c2)c(C)n1-c1ccccn1. The minimum atomic E-state index is -3.90. The van der Waals surface area contributed by atoms with Gasteiger partial charge >= 0.3 is 0 Å². The van der Waals surface area contributed by atoms with Crippen LogP contribution in [0.4, 0.5) is 11.4 Å². The summed E-state index contributed by atoms with van der Waals surface area (Å²) in [6, 6.07) is 19.9. The number of benzene rings is 2. The van der Waals surface area contributed by atoms with Gasteiger partial charge in [0.05, 0.1) is 21.2 Å². The van der Waals surface area contributed by atoms with Crippen molar-refractivity contribution in [3.63, 3.8) is 0 Å². The molecule has 0 aliphatic heterocycles. The first-order chi connectivity index (χ1) is 15.8. The van der Waals surface area contributed by atoms with Crippen molar-refractivity contribution in [3.05, 3.63) is 101 Å². The van der Waals surface area contributed by atoms with Crippen LogP contribution >= 0.6 is 11.6 Å². The topological polar surface area (TPSA) is 93.1 Å². The summed E-state index contributed by atoms with van der Waals surface area (Å²) < 4.78 is 30.0. The van der Waals surface area contributed by atoms with Crippen LogP contribution < -0.4 is 10.0 Å². The zero-order valence-corrected chi connectivity index (χ0v) is 19.5. The van der Waals surface area contributed by atoms with Gasteiger partial charge in [-0.3, -0.25) is 9.52 Å². The molecule has 0 radical (unpaired) electrons. The first-order valence-corrected chi connectivity index (χ1v) is 11.9. The van der Waals surface area contributed by atoms with Crippen molar-refractivity contribution in [2.24, 2.45) is 0 Å². The molecule has 0 saturated carbocycles. The fourth-order valence-electron chi connectivity index (χ4n) is 3.52. The van der Waals surface area contributed by atoms with E-state index in [1.54, 1.807) is 48.7 Å². The van der Waals surface area contributed by atoms with Crippen molar-refractivity contribution >= 4 is 38.9 Å². The number of rotatable bonds is 6. The van der Waals surface area contributed by atoms with Gasteiger partial charge in [0, 0.05) is 23.3 Å². The highest BCUT2D eigenvalue weighted by Crippen LogP contribution is 2.26. The second-order valence-corrected chi connectivity index (χ2v) is 9.47. The standard InChI is InChI=1S/C24H21ClN4O3S/c1-16-14-20(17(2)29(16)23-12-5-6-13-26-23)24(30)27-18-8-7-9-19(15-18)33(31,32)28-22-11-4-3-10-21(22)25/h3-15,28H,1-2H3,(H,27,30). The molecule has 0 aliphatic carbocycles. The zero-order chi connectivity index (χ0) is 23.6. The molecule has 0 bridgehead atoms. The number of anilines is 2. The number of carbonyl (C=O) groups is 1. The van der Waals surface area contributed by atoms with Gasteiger partial charge < -0.3 is 9.88 Å². The largest absolute Gasteiger partial charge is 0.322 e. The lowest BCUT2D eigenvalue weighted by molar-refractivity contribution is 0.102. The lowest BCUT2D eigenvalue weighted by atomic mass is 10.2. The van der Waals surface area contributed by atoms with Crippen LogP contribution in [0, 0.1) is 13.8 Å². The number of para-hydroxylation sites is 1. The van der Waals surface area contributed by atoms with Gasteiger partial charge in [-0.25, -0.2) is 13.4 Å². The molecule has 4 aromatic rings. The second kappa shape index (κ2) is 9.09. The van der Waals surface area contributed by atoms with Crippen molar-refractivity contribution in [1.29, 1.82) is 0 Å². The van der Waals surface area contributed by atoms with Crippen molar-refractivity contribution < 1.29 is 13.2 Å². The van der Waals surface area contributed by atoms with Crippen LogP contribution in [0.2, 0.25) is 5.02 Å². The molecule has 4 rings (SSSR count). The summed E-state index contributed by atoms with van der Waals surface area (Å²) in [5.41, 5.74) is 2.69. The first kappa shape index (κ1) is 22.6. The summed E-state index contributed by atoms with van der Waals surface area (Å²) in [7, 11) is -3.90. The Morgan fingerprint density at radius 1 is 0.970 bits per heavy atom. The Bertz CT molecular complexity index is 1430. The number of nitrogens with zero attached hydrogens (tertiary/aromatic N) is 2. The van der Waals surface area contributed by atoms with E-state index in [4.69, 9.17) is 11.6 Å². The Hall–Kier alpha value is -3.62. The van der Waals surface area contributed by atoms with Gasteiger partial charge in [-0.1, -0.05) is 35.9 Å². The molecule has 0 spiro atoms. The summed E-state index contributed by atoms with van der Waals surface area (Å²) in [4.78, 5) is 17.4. The highest BCUT2D eigenvalue weighted by Gasteiger charge is 2.19. The number of aromatic nitrogens is 2. The molecule has 9 heteroatoms. The molecule has 2 N–H and O–H groups in total. The van der Waals surface area contributed by atoms with Gasteiger partial charge in [-0.2, -0.15) is 0 Å². The van der Waals surface area contributed by atoms with Gasteiger partial charge in [-0.15, -0.1) is 0 Å². The monoisotopic (exact) mass is 480 g/mol. The molecule has 1 amide bonds. The van der Waals surface area contributed by atoms with E-state index in [-0.39, 0.29) is 21.5 Å². The maximum Gasteiger partial charge on any atom is 0.262 e. The number of halogens is 1. The predicted molar refractivity (Wildman–Crippen MR) is 130 cm³/mol. The average Bonchev–Trinajstić information content (AvgIpc) is 3.10.